The summed E-state index contributed by atoms with van der Waals surface area (Å²) in [7, 11) is 0. The van der Waals surface area contributed by atoms with Crippen molar-refractivity contribution in [3.05, 3.63) is 24.3 Å². The van der Waals surface area contributed by atoms with E-state index in [-0.39, 0.29) is 11.9 Å². The van der Waals surface area contributed by atoms with Crippen molar-refractivity contribution >= 4 is 23.4 Å². The first-order chi connectivity index (χ1) is 8.77. The molecule has 1 amide bonds. The van der Waals surface area contributed by atoms with Crippen LogP contribution in [0, 0.1) is 5.92 Å². The Morgan fingerprint density at radius 1 is 1.44 bits per heavy atom. The van der Waals surface area contributed by atoms with Gasteiger partial charge in [-0.25, -0.2) is 0 Å². The quantitative estimate of drug-likeness (QED) is 0.841. The number of amides is 1. The van der Waals surface area contributed by atoms with Gasteiger partial charge in [-0.3, -0.25) is 4.79 Å². The number of benzene rings is 1. The van der Waals surface area contributed by atoms with Crippen LogP contribution < -0.4 is 10.2 Å². The molecule has 2 atom stereocenters. The highest BCUT2D eigenvalue weighted by atomic mass is 32.2. The highest BCUT2D eigenvalue weighted by molar-refractivity contribution is 7.99. The van der Waals surface area contributed by atoms with Crippen molar-refractivity contribution in [2.75, 3.05) is 23.7 Å². The van der Waals surface area contributed by atoms with Gasteiger partial charge in [0.25, 0.3) is 0 Å². The molecule has 2 heterocycles. The molecule has 0 bridgehead atoms. The molecular weight excluding hydrogens is 244 g/mol. The number of hydrogen-bond donors (Lipinski definition) is 1. The lowest BCUT2D eigenvalue weighted by Crippen LogP contribution is -2.48. The lowest BCUT2D eigenvalue weighted by Gasteiger charge is -2.32. The van der Waals surface area contributed by atoms with Crippen molar-refractivity contribution in [2.24, 2.45) is 5.92 Å². The average molecular weight is 262 g/mol. The number of fused-ring (bicyclic) bond motifs is 1. The van der Waals surface area contributed by atoms with Gasteiger partial charge in [0.1, 0.15) is 0 Å². The van der Waals surface area contributed by atoms with E-state index in [9.17, 15) is 4.79 Å². The van der Waals surface area contributed by atoms with Gasteiger partial charge < -0.3 is 10.2 Å². The zero-order valence-electron chi connectivity index (χ0n) is 10.6. The van der Waals surface area contributed by atoms with Crippen LogP contribution >= 0.6 is 11.8 Å². The molecule has 0 radical (unpaired) electrons. The first-order valence-corrected chi connectivity index (χ1v) is 7.52. The van der Waals surface area contributed by atoms with E-state index in [2.05, 4.69) is 24.4 Å². The molecule has 2 aliphatic heterocycles. The zero-order valence-corrected chi connectivity index (χ0v) is 11.4. The third-order valence-corrected chi connectivity index (χ3v) is 4.84. The SMILES string of the molecule is CC1CCNC1C(=O)N1CCSc2ccccc21. The Kier molecular flexibility index (Phi) is 3.31. The number of anilines is 1. The third kappa shape index (κ3) is 2.04. The number of nitrogens with zero attached hydrogens (tertiary/aromatic N) is 1. The summed E-state index contributed by atoms with van der Waals surface area (Å²) in [4.78, 5) is 15.8. The van der Waals surface area contributed by atoms with Crippen molar-refractivity contribution in [3.8, 4) is 0 Å². The fourth-order valence-corrected chi connectivity index (χ4v) is 3.73. The van der Waals surface area contributed by atoms with Gasteiger partial charge in [-0.1, -0.05) is 19.1 Å². The average Bonchev–Trinajstić information content (AvgIpc) is 2.83. The lowest BCUT2D eigenvalue weighted by molar-refractivity contribution is -0.121. The minimum absolute atomic E-state index is 0.00107. The van der Waals surface area contributed by atoms with Crippen LogP contribution in [-0.4, -0.2) is 30.8 Å². The number of para-hydroxylation sites is 1. The second kappa shape index (κ2) is 4.94. The smallest absolute Gasteiger partial charge is 0.244 e. The molecule has 0 aliphatic carbocycles. The van der Waals surface area contributed by atoms with Crippen LogP contribution in [-0.2, 0) is 4.79 Å². The maximum absolute atomic E-state index is 12.6. The molecule has 1 N–H and O–H groups in total. The van der Waals surface area contributed by atoms with E-state index in [0.29, 0.717) is 5.92 Å². The summed E-state index contributed by atoms with van der Waals surface area (Å²) in [5, 5.41) is 3.34. The molecular formula is C14H18N2OS. The van der Waals surface area contributed by atoms with Crippen molar-refractivity contribution < 1.29 is 4.79 Å². The van der Waals surface area contributed by atoms with E-state index in [1.54, 1.807) is 0 Å². The van der Waals surface area contributed by atoms with Crippen LogP contribution in [0.2, 0.25) is 0 Å². The highest BCUT2D eigenvalue weighted by Crippen LogP contribution is 2.35. The molecule has 3 rings (SSSR count). The minimum Gasteiger partial charge on any atom is -0.309 e. The van der Waals surface area contributed by atoms with E-state index in [4.69, 9.17) is 0 Å². The standard InChI is InChI=1S/C14H18N2OS/c1-10-6-7-15-13(10)14(17)16-8-9-18-12-5-3-2-4-11(12)16/h2-5,10,13,15H,6-9H2,1H3. The summed E-state index contributed by atoms with van der Waals surface area (Å²) in [6.45, 7) is 3.94. The van der Waals surface area contributed by atoms with Crippen LogP contribution in [0.25, 0.3) is 0 Å². The topological polar surface area (TPSA) is 32.3 Å². The summed E-state index contributed by atoms with van der Waals surface area (Å²) in [6.07, 6.45) is 1.10. The predicted octanol–water partition coefficient (Wildman–Crippen LogP) is 2.12. The maximum atomic E-state index is 12.6. The van der Waals surface area contributed by atoms with Crippen molar-refractivity contribution in [3.63, 3.8) is 0 Å². The Bertz CT molecular complexity index is 463. The van der Waals surface area contributed by atoms with Gasteiger partial charge >= 0.3 is 0 Å². The maximum Gasteiger partial charge on any atom is 0.244 e. The Morgan fingerprint density at radius 3 is 3.06 bits per heavy atom. The molecule has 3 nitrogen and oxygen atoms in total. The van der Waals surface area contributed by atoms with Crippen molar-refractivity contribution in [1.82, 2.24) is 5.32 Å². The number of carbonyl (C=O) groups is 1. The van der Waals surface area contributed by atoms with Gasteiger partial charge in [-0.05, 0) is 31.0 Å². The number of thioether (sulfide) groups is 1. The fraction of sp³-hybridized carbons (Fsp3) is 0.500. The molecule has 1 fully saturated rings. The van der Waals surface area contributed by atoms with Gasteiger partial charge in [0.05, 0.1) is 11.7 Å². The van der Waals surface area contributed by atoms with Crippen LogP contribution in [0.1, 0.15) is 13.3 Å². The molecule has 0 spiro atoms. The number of hydrogen-bond acceptors (Lipinski definition) is 3. The summed E-state index contributed by atoms with van der Waals surface area (Å²) in [6, 6.07) is 8.21. The molecule has 1 saturated heterocycles. The first-order valence-electron chi connectivity index (χ1n) is 6.54. The van der Waals surface area contributed by atoms with Crippen molar-refractivity contribution in [1.29, 1.82) is 0 Å². The molecule has 1 aromatic rings. The van der Waals surface area contributed by atoms with E-state index < -0.39 is 0 Å². The Hall–Kier alpha value is -1.00. The summed E-state index contributed by atoms with van der Waals surface area (Å²) in [5.74, 6) is 1.68. The number of nitrogens with one attached hydrogen (secondary N) is 1. The van der Waals surface area contributed by atoms with Crippen molar-refractivity contribution in [2.45, 2.75) is 24.3 Å². The highest BCUT2D eigenvalue weighted by Gasteiger charge is 2.34. The minimum atomic E-state index is 0.00107. The van der Waals surface area contributed by atoms with Gasteiger partial charge in [0.2, 0.25) is 5.91 Å². The Balaban J connectivity index is 1.87. The molecule has 18 heavy (non-hydrogen) atoms. The molecule has 96 valence electrons. The van der Waals surface area contributed by atoms with Crippen LogP contribution in [0.15, 0.2) is 29.2 Å². The first kappa shape index (κ1) is 12.1. The normalized spacial score (nSPS) is 27.1. The van der Waals surface area contributed by atoms with Gasteiger partial charge in [0, 0.05) is 17.2 Å². The molecule has 1 aromatic carbocycles. The predicted molar refractivity (Wildman–Crippen MR) is 75.1 cm³/mol. The van der Waals surface area contributed by atoms with E-state index in [0.717, 1.165) is 31.0 Å². The van der Waals surface area contributed by atoms with Crippen LogP contribution in [0.3, 0.4) is 0 Å². The van der Waals surface area contributed by atoms with Gasteiger partial charge in [-0.2, -0.15) is 0 Å². The molecule has 0 aromatic heterocycles. The Labute approximate surface area is 112 Å². The number of rotatable bonds is 1. The second-order valence-electron chi connectivity index (χ2n) is 5.00. The molecule has 2 aliphatic rings. The zero-order chi connectivity index (χ0) is 12.5. The van der Waals surface area contributed by atoms with Crippen LogP contribution in [0.5, 0.6) is 0 Å². The second-order valence-corrected chi connectivity index (χ2v) is 6.14. The summed E-state index contributed by atoms with van der Waals surface area (Å²) < 4.78 is 0. The molecule has 4 heteroatoms. The van der Waals surface area contributed by atoms with E-state index >= 15 is 0 Å². The van der Waals surface area contributed by atoms with Crippen LogP contribution in [0.4, 0.5) is 5.69 Å². The fourth-order valence-electron chi connectivity index (χ4n) is 2.73. The van der Waals surface area contributed by atoms with E-state index in [1.807, 2.05) is 28.8 Å². The summed E-state index contributed by atoms with van der Waals surface area (Å²) >= 11 is 1.84. The summed E-state index contributed by atoms with van der Waals surface area (Å²) in [5.41, 5.74) is 1.08. The Morgan fingerprint density at radius 2 is 2.28 bits per heavy atom. The van der Waals surface area contributed by atoms with E-state index in [1.165, 1.54) is 4.90 Å². The largest absolute Gasteiger partial charge is 0.309 e. The van der Waals surface area contributed by atoms with Gasteiger partial charge in [-0.15, -0.1) is 11.8 Å². The third-order valence-electron chi connectivity index (χ3n) is 3.79. The molecule has 0 saturated carbocycles. The number of carbonyl (C=O) groups excluding carboxylic acids is 1. The lowest BCUT2D eigenvalue weighted by atomic mass is 10.0. The molecule has 2 unspecified atom stereocenters. The van der Waals surface area contributed by atoms with Gasteiger partial charge in [0.15, 0.2) is 0 Å². The monoisotopic (exact) mass is 262 g/mol.